The maximum Gasteiger partial charge on any atom is 0.223 e. The van der Waals surface area contributed by atoms with Gasteiger partial charge in [0.15, 0.2) is 5.82 Å². The first-order valence-corrected chi connectivity index (χ1v) is 11.0. The predicted octanol–water partition coefficient (Wildman–Crippen LogP) is 2.98. The molecular formula is C8H15ClI2N4O3. The standard InChI is InChI=1S/C4H6N2O.C2H3ClO.C2H6N2O.I2/c1-3-5-4(2)7-6-3;1-2(3)4;1-2(3)4-5;1-2/h1-2H3;1H3;5H,1H3,(H2,3,4);. The summed E-state index contributed by atoms with van der Waals surface area (Å²) in [4.78, 5) is 13.0. The highest BCUT2D eigenvalue weighted by Gasteiger charge is 1.89. The molecular weight excluding hydrogens is 489 g/mol. The molecule has 0 saturated heterocycles. The van der Waals surface area contributed by atoms with Gasteiger partial charge in [-0.1, -0.05) is 10.3 Å². The van der Waals surface area contributed by atoms with Gasteiger partial charge in [-0.25, -0.2) is 0 Å². The van der Waals surface area contributed by atoms with Gasteiger partial charge in [0.05, 0.1) is 0 Å². The molecule has 1 aromatic heterocycles. The fourth-order valence-electron chi connectivity index (χ4n) is 0.401. The normalized spacial score (nSPS) is 8.72. The van der Waals surface area contributed by atoms with E-state index < -0.39 is 0 Å². The number of rotatable bonds is 0. The molecule has 1 aromatic rings. The molecule has 1 heterocycles. The van der Waals surface area contributed by atoms with Gasteiger partial charge in [-0.15, -0.1) is 0 Å². The maximum absolute atomic E-state index is 9.21. The highest BCUT2D eigenvalue weighted by molar-refractivity contribution is 15.0. The Hall–Kier alpha value is -0.170. The quantitative estimate of drug-likeness (QED) is 0.140. The molecule has 0 aliphatic heterocycles. The second kappa shape index (κ2) is 16.8. The molecule has 0 saturated carbocycles. The number of hydrogen-bond donors (Lipinski definition) is 2. The Kier molecular flexibility index (Phi) is 21.5. The van der Waals surface area contributed by atoms with Crippen LogP contribution >= 0.6 is 48.8 Å². The number of halogens is 3. The van der Waals surface area contributed by atoms with E-state index in [4.69, 9.17) is 10.9 Å². The Balaban J connectivity index is -0.000000183. The van der Waals surface area contributed by atoms with Gasteiger partial charge < -0.3 is 15.5 Å². The number of hydrogen-bond acceptors (Lipinski definition) is 6. The topological polar surface area (TPSA) is 115 Å². The van der Waals surface area contributed by atoms with Gasteiger partial charge in [0.25, 0.3) is 0 Å². The molecule has 0 atom stereocenters. The molecule has 0 aliphatic rings. The van der Waals surface area contributed by atoms with Gasteiger partial charge in [0, 0.05) is 51.1 Å². The minimum atomic E-state index is -0.361. The lowest BCUT2D eigenvalue weighted by Gasteiger charge is -1.73. The van der Waals surface area contributed by atoms with Crippen molar-refractivity contribution in [3.63, 3.8) is 0 Å². The van der Waals surface area contributed by atoms with Crippen molar-refractivity contribution < 1.29 is 14.5 Å². The van der Waals surface area contributed by atoms with Crippen LogP contribution in [0, 0.1) is 13.8 Å². The molecule has 0 aromatic carbocycles. The van der Waals surface area contributed by atoms with E-state index in [1.807, 2.05) is 0 Å². The number of amidine groups is 1. The first-order valence-electron chi connectivity index (χ1n) is 4.31. The van der Waals surface area contributed by atoms with Crippen LogP contribution in [0.25, 0.3) is 0 Å². The molecule has 18 heavy (non-hydrogen) atoms. The average Bonchev–Trinajstić information content (AvgIpc) is 2.65. The van der Waals surface area contributed by atoms with Crippen molar-refractivity contribution >= 4 is 59.9 Å². The van der Waals surface area contributed by atoms with E-state index >= 15 is 0 Å². The third kappa shape index (κ3) is 29.7. The van der Waals surface area contributed by atoms with E-state index in [0.29, 0.717) is 11.7 Å². The zero-order chi connectivity index (χ0) is 15.1. The second-order valence-corrected chi connectivity index (χ2v) is 3.10. The fraction of sp³-hybridized carbons (Fsp3) is 0.500. The molecule has 0 spiro atoms. The number of oxime groups is 1. The number of carbonyl (C=O) groups excluding carboxylic acids is 1. The van der Waals surface area contributed by atoms with E-state index in [2.05, 4.69) is 68.7 Å². The summed E-state index contributed by atoms with van der Waals surface area (Å²) in [6.45, 7) is 6.35. The van der Waals surface area contributed by atoms with E-state index in [1.165, 1.54) is 13.8 Å². The Morgan fingerprint density at radius 1 is 1.44 bits per heavy atom. The lowest BCUT2D eigenvalue weighted by molar-refractivity contribution is -0.109. The lowest BCUT2D eigenvalue weighted by Crippen LogP contribution is -2.03. The Labute approximate surface area is 134 Å². The van der Waals surface area contributed by atoms with Crippen LogP contribution < -0.4 is 5.73 Å². The van der Waals surface area contributed by atoms with Gasteiger partial charge in [-0.2, -0.15) is 4.98 Å². The third-order valence-corrected chi connectivity index (χ3v) is 0.787. The van der Waals surface area contributed by atoms with Crippen molar-refractivity contribution in [2.45, 2.75) is 27.7 Å². The molecule has 0 fully saturated rings. The average molecular weight is 504 g/mol. The van der Waals surface area contributed by atoms with Crippen LogP contribution in [-0.4, -0.2) is 26.4 Å². The second-order valence-electron chi connectivity index (χ2n) is 2.57. The molecule has 0 amide bonds. The zero-order valence-electron chi connectivity index (χ0n) is 10.3. The van der Waals surface area contributed by atoms with Crippen LogP contribution in [0.2, 0.25) is 0 Å². The van der Waals surface area contributed by atoms with Crippen LogP contribution in [0.1, 0.15) is 25.6 Å². The van der Waals surface area contributed by atoms with Crippen molar-refractivity contribution in [3.05, 3.63) is 11.7 Å². The molecule has 0 unspecified atom stereocenters. The minimum absolute atomic E-state index is 0.185. The lowest BCUT2D eigenvalue weighted by atomic mass is 10.7. The van der Waals surface area contributed by atoms with Gasteiger partial charge in [0.2, 0.25) is 11.1 Å². The Morgan fingerprint density at radius 3 is 1.83 bits per heavy atom. The summed E-state index contributed by atoms with van der Waals surface area (Å²) in [5, 5.41) is 13.4. The summed E-state index contributed by atoms with van der Waals surface area (Å²) in [5.74, 6) is 1.50. The van der Waals surface area contributed by atoms with Crippen LogP contribution in [0.5, 0.6) is 0 Å². The molecule has 0 bridgehead atoms. The van der Waals surface area contributed by atoms with Crippen molar-refractivity contribution in [1.82, 2.24) is 10.1 Å². The highest BCUT2D eigenvalue weighted by Crippen LogP contribution is 1.89. The summed E-state index contributed by atoms with van der Waals surface area (Å²) in [6, 6.07) is 0. The molecule has 3 N–H and O–H groups in total. The number of carbonyl (C=O) groups is 1. The summed E-state index contributed by atoms with van der Waals surface area (Å²) >= 11 is 8.88. The van der Waals surface area contributed by atoms with E-state index in [-0.39, 0.29) is 11.1 Å². The SMILES string of the molecule is C/C(N)=N/O.CC(=O)Cl.Cc1noc(C)n1.II. The summed E-state index contributed by atoms with van der Waals surface area (Å²) < 4.78 is 4.60. The number of nitrogens with two attached hydrogens (primary N) is 1. The fourth-order valence-corrected chi connectivity index (χ4v) is 0.401. The zero-order valence-corrected chi connectivity index (χ0v) is 15.4. The smallest absolute Gasteiger partial charge is 0.223 e. The first kappa shape index (κ1) is 23.0. The summed E-state index contributed by atoms with van der Waals surface area (Å²) in [7, 11) is 0. The van der Waals surface area contributed by atoms with Crippen LogP contribution in [0.15, 0.2) is 9.68 Å². The predicted molar refractivity (Wildman–Crippen MR) is 87.4 cm³/mol. The number of aromatic nitrogens is 2. The summed E-state index contributed by atoms with van der Waals surface area (Å²) in [5.41, 5.74) is 4.79. The molecule has 1 rings (SSSR count). The molecule has 0 aliphatic carbocycles. The Morgan fingerprint density at radius 2 is 1.78 bits per heavy atom. The van der Waals surface area contributed by atoms with Gasteiger partial charge in [0.1, 0.15) is 5.84 Å². The van der Waals surface area contributed by atoms with Crippen LogP contribution in [-0.2, 0) is 4.79 Å². The van der Waals surface area contributed by atoms with E-state index in [1.54, 1.807) is 13.8 Å². The number of aryl methyl sites for hydroxylation is 2. The largest absolute Gasteiger partial charge is 0.409 e. The van der Waals surface area contributed by atoms with Crippen molar-refractivity contribution in [1.29, 1.82) is 0 Å². The monoisotopic (exact) mass is 504 g/mol. The molecule has 0 radical (unpaired) electrons. The maximum atomic E-state index is 9.21. The first-order chi connectivity index (χ1) is 8.29. The summed E-state index contributed by atoms with van der Waals surface area (Å²) in [6.07, 6.45) is 0. The van der Waals surface area contributed by atoms with Gasteiger partial charge in [-0.05, 0) is 25.4 Å². The van der Waals surface area contributed by atoms with Crippen molar-refractivity contribution in [2.75, 3.05) is 0 Å². The number of nitrogens with zero attached hydrogens (tertiary/aromatic N) is 3. The van der Waals surface area contributed by atoms with Crippen LogP contribution in [0.3, 0.4) is 0 Å². The Bertz CT molecular complexity index is 322. The van der Waals surface area contributed by atoms with Crippen molar-refractivity contribution in [3.8, 4) is 0 Å². The van der Waals surface area contributed by atoms with Gasteiger partial charge in [-0.3, -0.25) is 4.79 Å². The van der Waals surface area contributed by atoms with Crippen LogP contribution in [0.4, 0.5) is 0 Å². The van der Waals surface area contributed by atoms with E-state index in [9.17, 15) is 4.79 Å². The molecule has 7 nitrogen and oxygen atoms in total. The molecule has 10 heteroatoms. The minimum Gasteiger partial charge on any atom is -0.409 e. The van der Waals surface area contributed by atoms with E-state index in [0.717, 1.165) is 0 Å². The van der Waals surface area contributed by atoms with Gasteiger partial charge >= 0.3 is 0 Å². The van der Waals surface area contributed by atoms with Crippen molar-refractivity contribution in [2.24, 2.45) is 10.9 Å². The molecule has 106 valence electrons. The highest BCUT2D eigenvalue weighted by atomic mass is 128. The third-order valence-electron chi connectivity index (χ3n) is 0.787.